The lowest BCUT2D eigenvalue weighted by Crippen LogP contribution is -2.35. The van der Waals surface area contributed by atoms with Crippen molar-refractivity contribution < 1.29 is 14.6 Å². The molecule has 1 unspecified atom stereocenters. The fourth-order valence-corrected chi connectivity index (χ4v) is 1.61. The lowest BCUT2D eigenvalue weighted by molar-refractivity contribution is -0.122. The SMILES string of the molecule is Cc1ccc(OCCC(=O)NC(C)CO)c(C)c1. The smallest absolute Gasteiger partial charge is 0.223 e. The maximum atomic E-state index is 11.4. The van der Waals surface area contributed by atoms with Crippen LogP contribution in [-0.4, -0.2) is 30.3 Å². The van der Waals surface area contributed by atoms with Crippen molar-refractivity contribution in [1.82, 2.24) is 5.32 Å². The standard InChI is InChI=1S/C14H21NO3/c1-10-4-5-13(11(2)8-10)18-7-6-14(17)15-12(3)9-16/h4-5,8,12,16H,6-7,9H2,1-3H3,(H,15,17). The minimum atomic E-state index is -0.210. The van der Waals surface area contributed by atoms with Gasteiger partial charge in [-0.1, -0.05) is 17.7 Å². The molecule has 4 heteroatoms. The summed E-state index contributed by atoms with van der Waals surface area (Å²) in [5.41, 5.74) is 2.26. The summed E-state index contributed by atoms with van der Waals surface area (Å²) in [6, 6.07) is 5.73. The average molecular weight is 251 g/mol. The van der Waals surface area contributed by atoms with Gasteiger partial charge in [0.2, 0.25) is 5.91 Å². The largest absolute Gasteiger partial charge is 0.493 e. The quantitative estimate of drug-likeness (QED) is 0.807. The molecule has 0 saturated carbocycles. The summed E-state index contributed by atoms with van der Waals surface area (Å²) < 4.78 is 5.55. The van der Waals surface area contributed by atoms with E-state index in [0.717, 1.165) is 11.3 Å². The number of carbonyl (C=O) groups is 1. The Hall–Kier alpha value is -1.55. The van der Waals surface area contributed by atoms with Crippen LogP contribution in [0, 0.1) is 13.8 Å². The summed E-state index contributed by atoms with van der Waals surface area (Å²) in [6.07, 6.45) is 0.289. The van der Waals surface area contributed by atoms with Crippen molar-refractivity contribution in [3.05, 3.63) is 29.3 Å². The first kappa shape index (κ1) is 14.5. The first-order valence-corrected chi connectivity index (χ1v) is 6.13. The van der Waals surface area contributed by atoms with Crippen molar-refractivity contribution in [1.29, 1.82) is 0 Å². The van der Waals surface area contributed by atoms with E-state index in [1.807, 2.05) is 32.0 Å². The van der Waals surface area contributed by atoms with Gasteiger partial charge in [-0.25, -0.2) is 0 Å². The number of benzene rings is 1. The van der Waals surface area contributed by atoms with E-state index in [1.165, 1.54) is 5.56 Å². The second-order valence-electron chi connectivity index (χ2n) is 4.52. The predicted octanol–water partition coefficient (Wildman–Crippen LogP) is 1.57. The summed E-state index contributed by atoms with van der Waals surface area (Å²) >= 11 is 0. The molecule has 4 nitrogen and oxygen atoms in total. The average Bonchev–Trinajstić information content (AvgIpc) is 2.31. The van der Waals surface area contributed by atoms with Crippen LogP contribution in [0.15, 0.2) is 18.2 Å². The normalized spacial score (nSPS) is 12.0. The number of hydrogen-bond donors (Lipinski definition) is 2. The van der Waals surface area contributed by atoms with E-state index < -0.39 is 0 Å². The van der Waals surface area contributed by atoms with Crippen LogP contribution in [0.5, 0.6) is 5.75 Å². The van der Waals surface area contributed by atoms with Gasteiger partial charge in [-0.3, -0.25) is 4.79 Å². The zero-order valence-corrected chi connectivity index (χ0v) is 11.2. The van der Waals surface area contributed by atoms with Crippen LogP contribution in [-0.2, 0) is 4.79 Å². The maximum Gasteiger partial charge on any atom is 0.223 e. The van der Waals surface area contributed by atoms with Gasteiger partial charge >= 0.3 is 0 Å². The van der Waals surface area contributed by atoms with Gasteiger partial charge in [0.15, 0.2) is 0 Å². The highest BCUT2D eigenvalue weighted by molar-refractivity contribution is 5.76. The van der Waals surface area contributed by atoms with E-state index in [-0.39, 0.29) is 25.0 Å². The van der Waals surface area contributed by atoms with E-state index >= 15 is 0 Å². The molecule has 0 aliphatic heterocycles. The molecule has 0 heterocycles. The fourth-order valence-electron chi connectivity index (χ4n) is 1.61. The zero-order chi connectivity index (χ0) is 13.5. The van der Waals surface area contributed by atoms with Crippen LogP contribution in [0.1, 0.15) is 24.5 Å². The molecule has 1 rings (SSSR count). The van der Waals surface area contributed by atoms with E-state index in [0.29, 0.717) is 6.61 Å². The monoisotopic (exact) mass is 251 g/mol. The van der Waals surface area contributed by atoms with Gasteiger partial charge in [-0.2, -0.15) is 0 Å². The predicted molar refractivity (Wildman–Crippen MR) is 70.7 cm³/mol. The molecule has 0 saturated heterocycles. The molecule has 0 bridgehead atoms. The van der Waals surface area contributed by atoms with Gasteiger partial charge in [-0.15, -0.1) is 0 Å². The first-order chi connectivity index (χ1) is 8.52. The Labute approximate surface area is 108 Å². The molecule has 0 spiro atoms. The highest BCUT2D eigenvalue weighted by atomic mass is 16.5. The molecule has 1 aromatic rings. The lowest BCUT2D eigenvalue weighted by atomic mass is 10.1. The number of aryl methyl sites for hydroxylation is 2. The Balaban J connectivity index is 2.35. The molecule has 0 fully saturated rings. The van der Waals surface area contributed by atoms with Crippen molar-refractivity contribution in [2.24, 2.45) is 0 Å². The molecule has 0 aliphatic rings. The van der Waals surface area contributed by atoms with Crippen LogP contribution in [0.4, 0.5) is 0 Å². The number of hydrogen-bond acceptors (Lipinski definition) is 3. The van der Waals surface area contributed by atoms with E-state index in [4.69, 9.17) is 9.84 Å². The molecular weight excluding hydrogens is 230 g/mol. The topological polar surface area (TPSA) is 58.6 Å². The van der Waals surface area contributed by atoms with Gasteiger partial charge in [0, 0.05) is 6.04 Å². The molecule has 0 aliphatic carbocycles. The van der Waals surface area contributed by atoms with E-state index in [9.17, 15) is 4.79 Å². The third-order valence-corrected chi connectivity index (χ3v) is 2.60. The maximum absolute atomic E-state index is 11.4. The number of nitrogens with one attached hydrogen (secondary N) is 1. The van der Waals surface area contributed by atoms with Crippen molar-refractivity contribution in [2.75, 3.05) is 13.2 Å². The van der Waals surface area contributed by atoms with Gasteiger partial charge in [0.25, 0.3) is 0 Å². The number of amides is 1. The molecule has 2 N–H and O–H groups in total. The van der Waals surface area contributed by atoms with Crippen molar-refractivity contribution in [3.63, 3.8) is 0 Å². The van der Waals surface area contributed by atoms with Crippen molar-refractivity contribution >= 4 is 5.91 Å². The van der Waals surface area contributed by atoms with Crippen molar-refractivity contribution in [3.8, 4) is 5.75 Å². The fraction of sp³-hybridized carbons (Fsp3) is 0.500. The molecule has 1 amide bonds. The van der Waals surface area contributed by atoms with Crippen LogP contribution in [0.3, 0.4) is 0 Å². The molecule has 1 atom stereocenters. The summed E-state index contributed by atoms with van der Waals surface area (Å²) in [6.45, 7) is 6.05. The Morgan fingerprint density at radius 2 is 2.17 bits per heavy atom. The summed E-state index contributed by atoms with van der Waals surface area (Å²) in [7, 11) is 0. The summed E-state index contributed by atoms with van der Waals surface area (Å²) in [4.78, 5) is 11.4. The van der Waals surface area contributed by atoms with Crippen LogP contribution < -0.4 is 10.1 Å². The lowest BCUT2D eigenvalue weighted by Gasteiger charge is -2.12. The molecule has 1 aromatic carbocycles. The molecular formula is C14H21NO3. The highest BCUT2D eigenvalue weighted by Gasteiger charge is 2.06. The number of aliphatic hydroxyl groups is 1. The van der Waals surface area contributed by atoms with Gasteiger partial charge in [0.1, 0.15) is 5.75 Å². The Kier molecular flexibility index (Phi) is 5.65. The zero-order valence-electron chi connectivity index (χ0n) is 11.2. The summed E-state index contributed by atoms with van der Waals surface area (Å²) in [5.74, 6) is 0.699. The van der Waals surface area contributed by atoms with Crippen LogP contribution >= 0.6 is 0 Å². The highest BCUT2D eigenvalue weighted by Crippen LogP contribution is 2.18. The molecule has 0 radical (unpaired) electrons. The first-order valence-electron chi connectivity index (χ1n) is 6.13. The third kappa shape index (κ3) is 4.75. The summed E-state index contributed by atoms with van der Waals surface area (Å²) in [5, 5.41) is 11.5. The Bertz CT molecular complexity index is 404. The molecule has 0 aromatic heterocycles. The number of rotatable bonds is 6. The van der Waals surface area contributed by atoms with Crippen LogP contribution in [0.2, 0.25) is 0 Å². The van der Waals surface area contributed by atoms with Crippen LogP contribution in [0.25, 0.3) is 0 Å². The molecule has 100 valence electrons. The van der Waals surface area contributed by atoms with E-state index in [2.05, 4.69) is 5.32 Å². The van der Waals surface area contributed by atoms with E-state index in [1.54, 1.807) is 6.92 Å². The third-order valence-electron chi connectivity index (χ3n) is 2.60. The Morgan fingerprint density at radius 1 is 1.44 bits per heavy atom. The van der Waals surface area contributed by atoms with Crippen molar-refractivity contribution in [2.45, 2.75) is 33.2 Å². The number of carbonyl (C=O) groups excluding carboxylic acids is 1. The second-order valence-corrected chi connectivity index (χ2v) is 4.52. The minimum Gasteiger partial charge on any atom is -0.493 e. The van der Waals surface area contributed by atoms with Gasteiger partial charge < -0.3 is 15.2 Å². The van der Waals surface area contributed by atoms with Gasteiger partial charge in [0.05, 0.1) is 19.6 Å². The molecule has 18 heavy (non-hydrogen) atoms. The second kappa shape index (κ2) is 7.01. The number of ether oxygens (including phenoxy) is 1. The van der Waals surface area contributed by atoms with Gasteiger partial charge in [-0.05, 0) is 32.4 Å². The Morgan fingerprint density at radius 3 is 2.78 bits per heavy atom. The number of aliphatic hydroxyl groups excluding tert-OH is 1. The minimum absolute atomic E-state index is 0.0519.